The van der Waals surface area contributed by atoms with Crippen LogP contribution in [0.5, 0.6) is 0 Å². The van der Waals surface area contributed by atoms with E-state index in [1.54, 1.807) is 25.6 Å². The lowest BCUT2D eigenvalue weighted by molar-refractivity contribution is -0.138. The van der Waals surface area contributed by atoms with Gasteiger partial charge >= 0.3 is 12.0 Å². The molecule has 0 aliphatic rings. The van der Waals surface area contributed by atoms with Crippen LogP contribution < -0.4 is 10.6 Å². The molecule has 0 radical (unpaired) electrons. The Labute approximate surface area is 100 Å². The molecular formula is C10H20N2O3S. The molecule has 0 aliphatic carbocycles. The van der Waals surface area contributed by atoms with E-state index < -0.39 is 11.5 Å². The second-order valence-electron chi connectivity index (χ2n) is 4.41. The summed E-state index contributed by atoms with van der Waals surface area (Å²) in [6.45, 7) is 5.26. The fourth-order valence-corrected chi connectivity index (χ4v) is 1.86. The maximum absolute atomic E-state index is 11.5. The van der Waals surface area contributed by atoms with Crippen molar-refractivity contribution in [2.24, 2.45) is 0 Å². The molecule has 0 aromatic rings. The monoisotopic (exact) mass is 248 g/mol. The van der Waals surface area contributed by atoms with Gasteiger partial charge in [-0.2, -0.15) is 11.8 Å². The number of thioether (sulfide) groups is 1. The van der Waals surface area contributed by atoms with E-state index in [9.17, 15) is 9.59 Å². The van der Waals surface area contributed by atoms with Gasteiger partial charge in [0, 0.05) is 17.3 Å². The average molecular weight is 248 g/mol. The predicted octanol–water partition coefficient (Wildman–Crippen LogP) is 1.29. The van der Waals surface area contributed by atoms with Crippen LogP contribution in [0.1, 0.15) is 27.2 Å². The number of rotatable bonds is 6. The molecule has 5 nitrogen and oxygen atoms in total. The van der Waals surface area contributed by atoms with Crippen LogP contribution in [0.3, 0.4) is 0 Å². The lowest BCUT2D eigenvalue weighted by Gasteiger charge is -2.25. The van der Waals surface area contributed by atoms with E-state index >= 15 is 0 Å². The summed E-state index contributed by atoms with van der Waals surface area (Å²) >= 11 is 1.64. The Morgan fingerprint density at radius 3 is 2.44 bits per heavy atom. The van der Waals surface area contributed by atoms with Crippen molar-refractivity contribution in [2.45, 2.75) is 38.8 Å². The summed E-state index contributed by atoms with van der Waals surface area (Å²) in [5.74, 6) is -0.102. The van der Waals surface area contributed by atoms with Crippen molar-refractivity contribution in [3.05, 3.63) is 0 Å². The summed E-state index contributed by atoms with van der Waals surface area (Å²) in [5.41, 5.74) is -0.741. The molecule has 0 rings (SSSR count). The van der Waals surface area contributed by atoms with Gasteiger partial charge in [-0.05, 0) is 27.0 Å². The minimum Gasteiger partial charge on any atom is -0.481 e. The first-order chi connectivity index (χ1) is 7.26. The third-order valence-electron chi connectivity index (χ3n) is 1.84. The van der Waals surface area contributed by atoms with E-state index in [2.05, 4.69) is 10.6 Å². The topological polar surface area (TPSA) is 78.4 Å². The number of hydrogen-bond donors (Lipinski definition) is 3. The molecule has 0 saturated carbocycles. The molecule has 0 fully saturated rings. The van der Waals surface area contributed by atoms with Crippen LogP contribution >= 0.6 is 11.8 Å². The van der Waals surface area contributed by atoms with Crippen LogP contribution in [0.2, 0.25) is 0 Å². The van der Waals surface area contributed by atoms with Crippen molar-refractivity contribution >= 4 is 23.8 Å². The van der Waals surface area contributed by atoms with Crippen LogP contribution in [0.15, 0.2) is 0 Å². The second-order valence-corrected chi connectivity index (χ2v) is 5.32. The number of carbonyl (C=O) groups excluding carboxylic acids is 1. The third kappa shape index (κ3) is 7.39. The molecular weight excluding hydrogens is 228 g/mol. The van der Waals surface area contributed by atoms with Crippen LogP contribution in [-0.4, -0.2) is 40.7 Å². The normalized spacial score (nSPS) is 13.0. The van der Waals surface area contributed by atoms with Crippen molar-refractivity contribution in [1.82, 2.24) is 10.6 Å². The number of hydrogen-bond acceptors (Lipinski definition) is 3. The van der Waals surface area contributed by atoms with Crippen molar-refractivity contribution in [1.29, 1.82) is 0 Å². The summed E-state index contributed by atoms with van der Waals surface area (Å²) in [5, 5.41) is 14.0. The maximum Gasteiger partial charge on any atom is 0.315 e. The highest BCUT2D eigenvalue weighted by molar-refractivity contribution is 7.98. The zero-order chi connectivity index (χ0) is 12.8. The molecule has 0 bridgehead atoms. The molecule has 0 spiro atoms. The summed E-state index contributed by atoms with van der Waals surface area (Å²) in [6.07, 6.45) is 1.86. The number of aliphatic carboxylic acids is 1. The smallest absolute Gasteiger partial charge is 0.315 e. The van der Waals surface area contributed by atoms with Crippen molar-refractivity contribution in [3.63, 3.8) is 0 Å². The first kappa shape index (κ1) is 15.1. The fraction of sp³-hybridized carbons (Fsp3) is 0.800. The van der Waals surface area contributed by atoms with Crippen LogP contribution in [-0.2, 0) is 4.79 Å². The highest BCUT2D eigenvalue weighted by Crippen LogP contribution is 2.07. The van der Waals surface area contributed by atoms with Crippen molar-refractivity contribution in [2.75, 3.05) is 12.0 Å². The highest BCUT2D eigenvalue weighted by Gasteiger charge is 2.24. The van der Waals surface area contributed by atoms with Crippen molar-refractivity contribution in [3.8, 4) is 0 Å². The Bertz CT molecular complexity index is 256. The Balaban J connectivity index is 4.07. The number of amides is 2. The largest absolute Gasteiger partial charge is 0.481 e. The van der Waals surface area contributed by atoms with Crippen LogP contribution in [0, 0.1) is 0 Å². The van der Waals surface area contributed by atoms with Gasteiger partial charge in [-0.15, -0.1) is 0 Å². The first-order valence-electron chi connectivity index (χ1n) is 5.06. The molecule has 0 aromatic carbocycles. The average Bonchev–Trinajstić information content (AvgIpc) is 1.98. The van der Waals surface area contributed by atoms with Gasteiger partial charge in [-0.3, -0.25) is 4.79 Å². The quantitative estimate of drug-likeness (QED) is 0.662. The van der Waals surface area contributed by atoms with Gasteiger partial charge in [0.1, 0.15) is 0 Å². The molecule has 16 heavy (non-hydrogen) atoms. The van der Waals surface area contributed by atoms with Crippen molar-refractivity contribution < 1.29 is 14.7 Å². The number of nitrogens with one attached hydrogen (secondary N) is 2. The second kappa shape index (κ2) is 6.62. The summed E-state index contributed by atoms with van der Waals surface area (Å²) in [4.78, 5) is 22.0. The zero-order valence-electron chi connectivity index (χ0n) is 10.2. The molecule has 6 heteroatoms. The van der Waals surface area contributed by atoms with Gasteiger partial charge in [0.15, 0.2) is 0 Å². The molecule has 3 N–H and O–H groups in total. The highest BCUT2D eigenvalue weighted by atomic mass is 32.2. The molecule has 0 aromatic heterocycles. The summed E-state index contributed by atoms with van der Waals surface area (Å²) in [6, 6.07) is -0.261. The van der Waals surface area contributed by atoms with E-state index in [1.807, 2.05) is 13.2 Å². The Morgan fingerprint density at radius 2 is 2.00 bits per heavy atom. The number of carboxylic acids is 1. The number of carboxylic acid groups (broad SMARTS) is 1. The zero-order valence-corrected chi connectivity index (χ0v) is 11.0. The molecule has 0 heterocycles. The van der Waals surface area contributed by atoms with E-state index in [0.717, 1.165) is 5.75 Å². The van der Waals surface area contributed by atoms with Crippen LogP contribution in [0.4, 0.5) is 4.79 Å². The number of carbonyl (C=O) groups is 2. The fourth-order valence-electron chi connectivity index (χ4n) is 1.28. The summed E-state index contributed by atoms with van der Waals surface area (Å²) in [7, 11) is 0. The molecule has 94 valence electrons. The maximum atomic E-state index is 11.5. The lowest BCUT2D eigenvalue weighted by Crippen LogP contribution is -2.51. The van der Waals surface area contributed by atoms with E-state index in [-0.39, 0.29) is 18.5 Å². The van der Waals surface area contributed by atoms with Gasteiger partial charge < -0.3 is 15.7 Å². The molecule has 1 atom stereocenters. The Kier molecular flexibility index (Phi) is 6.25. The number of urea groups is 1. The minimum atomic E-state index is -0.928. The molecule has 0 aliphatic heterocycles. The first-order valence-corrected chi connectivity index (χ1v) is 6.45. The SMILES string of the molecule is CSCC(C)NC(=O)NC(C)(C)CC(=O)O. The van der Waals surface area contributed by atoms with Crippen LogP contribution in [0.25, 0.3) is 0 Å². The lowest BCUT2D eigenvalue weighted by atomic mass is 10.0. The Hall–Kier alpha value is -0.910. The van der Waals surface area contributed by atoms with E-state index in [4.69, 9.17) is 5.11 Å². The minimum absolute atomic E-state index is 0.0654. The van der Waals surface area contributed by atoms with Gasteiger partial charge in [-0.25, -0.2) is 4.79 Å². The summed E-state index contributed by atoms with van der Waals surface area (Å²) < 4.78 is 0. The molecule has 0 saturated heterocycles. The van der Waals surface area contributed by atoms with Gasteiger partial charge in [0.25, 0.3) is 0 Å². The Morgan fingerprint density at radius 1 is 1.44 bits per heavy atom. The predicted molar refractivity (Wildman–Crippen MR) is 65.8 cm³/mol. The van der Waals surface area contributed by atoms with Gasteiger partial charge in [-0.1, -0.05) is 0 Å². The molecule has 2 amide bonds. The standard InChI is InChI=1S/C10H20N2O3S/c1-7(6-16-4)11-9(15)12-10(2,3)5-8(13)14/h7H,5-6H2,1-4H3,(H,13,14)(H2,11,12,15). The van der Waals surface area contributed by atoms with E-state index in [1.165, 1.54) is 0 Å². The van der Waals surface area contributed by atoms with Gasteiger partial charge in [0.05, 0.1) is 6.42 Å². The molecule has 1 unspecified atom stereocenters. The van der Waals surface area contributed by atoms with E-state index in [0.29, 0.717) is 0 Å². The third-order valence-corrected chi connectivity index (χ3v) is 2.67. The van der Waals surface area contributed by atoms with Gasteiger partial charge in [0.2, 0.25) is 0 Å².